The molecule has 5 heteroatoms. The highest BCUT2D eigenvalue weighted by Crippen LogP contribution is 2.03. The number of methoxy groups -OCH3 is 1. The van der Waals surface area contributed by atoms with Crippen molar-refractivity contribution in [3.8, 4) is 0 Å². The molecule has 0 aromatic heterocycles. The first-order valence-electron chi connectivity index (χ1n) is 5.88. The van der Waals surface area contributed by atoms with Crippen LogP contribution in [0.3, 0.4) is 0 Å². The Balaban J connectivity index is 2.09. The SMILES string of the molecule is COC(=O)CCN1CCN(CCCO)CC1. The number of aliphatic hydroxyl groups is 1. The minimum Gasteiger partial charge on any atom is -0.469 e. The van der Waals surface area contributed by atoms with Gasteiger partial charge >= 0.3 is 5.97 Å². The fourth-order valence-corrected chi connectivity index (χ4v) is 1.88. The minimum absolute atomic E-state index is 0.136. The molecule has 1 aliphatic heterocycles. The molecule has 0 bridgehead atoms. The van der Waals surface area contributed by atoms with E-state index < -0.39 is 0 Å². The molecular weight excluding hydrogens is 208 g/mol. The van der Waals surface area contributed by atoms with E-state index in [-0.39, 0.29) is 12.6 Å². The van der Waals surface area contributed by atoms with Crippen LogP contribution in [0.2, 0.25) is 0 Å². The van der Waals surface area contributed by atoms with E-state index in [0.29, 0.717) is 6.42 Å². The summed E-state index contributed by atoms with van der Waals surface area (Å²) < 4.78 is 4.61. The fraction of sp³-hybridized carbons (Fsp3) is 0.909. The molecule has 0 unspecified atom stereocenters. The summed E-state index contributed by atoms with van der Waals surface area (Å²) in [5, 5.41) is 8.73. The van der Waals surface area contributed by atoms with Gasteiger partial charge in [0, 0.05) is 45.9 Å². The number of ether oxygens (including phenoxy) is 1. The third kappa shape index (κ3) is 4.92. The van der Waals surface area contributed by atoms with Crippen LogP contribution in [0.4, 0.5) is 0 Å². The summed E-state index contributed by atoms with van der Waals surface area (Å²) in [7, 11) is 1.43. The largest absolute Gasteiger partial charge is 0.469 e. The number of aliphatic hydroxyl groups excluding tert-OH is 1. The van der Waals surface area contributed by atoms with Gasteiger partial charge in [0.25, 0.3) is 0 Å². The predicted molar refractivity (Wildman–Crippen MR) is 61.2 cm³/mol. The van der Waals surface area contributed by atoms with Crippen LogP contribution >= 0.6 is 0 Å². The molecule has 0 saturated carbocycles. The summed E-state index contributed by atoms with van der Waals surface area (Å²) in [6.07, 6.45) is 1.33. The van der Waals surface area contributed by atoms with E-state index in [2.05, 4.69) is 14.5 Å². The van der Waals surface area contributed by atoms with Gasteiger partial charge in [0.05, 0.1) is 13.5 Å². The first-order valence-corrected chi connectivity index (χ1v) is 5.88. The molecule has 0 aromatic carbocycles. The molecule has 1 saturated heterocycles. The van der Waals surface area contributed by atoms with Gasteiger partial charge < -0.3 is 19.6 Å². The predicted octanol–water partition coefficient (Wildman–Crippen LogP) is -0.450. The zero-order chi connectivity index (χ0) is 11.8. The highest BCUT2D eigenvalue weighted by Gasteiger charge is 2.16. The van der Waals surface area contributed by atoms with Crippen molar-refractivity contribution >= 4 is 5.97 Å². The van der Waals surface area contributed by atoms with Crippen molar-refractivity contribution in [1.82, 2.24) is 9.80 Å². The molecule has 1 N–H and O–H groups in total. The number of nitrogens with zero attached hydrogens (tertiary/aromatic N) is 2. The van der Waals surface area contributed by atoms with Crippen molar-refractivity contribution in [3.63, 3.8) is 0 Å². The van der Waals surface area contributed by atoms with E-state index in [0.717, 1.165) is 45.7 Å². The summed E-state index contributed by atoms with van der Waals surface area (Å²) in [5.74, 6) is -0.136. The number of hydrogen-bond donors (Lipinski definition) is 1. The smallest absolute Gasteiger partial charge is 0.306 e. The number of esters is 1. The Labute approximate surface area is 97.0 Å². The molecule has 1 fully saturated rings. The lowest BCUT2D eigenvalue weighted by atomic mass is 10.2. The molecule has 1 heterocycles. The van der Waals surface area contributed by atoms with Crippen molar-refractivity contribution < 1.29 is 14.6 Å². The Morgan fingerprint density at radius 3 is 2.25 bits per heavy atom. The van der Waals surface area contributed by atoms with Crippen molar-refractivity contribution in [2.75, 3.05) is 53.0 Å². The number of rotatable bonds is 6. The highest BCUT2D eigenvalue weighted by molar-refractivity contribution is 5.69. The first kappa shape index (κ1) is 13.4. The molecule has 0 spiro atoms. The Morgan fingerprint density at radius 1 is 1.19 bits per heavy atom. The van der Waals surface area contributed by atoms with Gasteiger partial charge in [-0.25, -0.2) is 0 Å². The van der Waals surface area contributed by atoms with E-state index in [1.54, 1.807) is 0 Å². The van der Waals surface area contributed by atoms with Crippen LogP contribution in [0.25, 0.3) is 0 Å². The van der Waals surface area contributed by atoms with Crippen LogP contribution in [0.15, 0.2) is 0 Å². The third-order valence-corrected chi connectivity index (χ3v) is 2.96. The monoisotopic (exact) mass is 230 g/mol. The molecule has 0 atom stereocenters. The van der Waals surface area contributed by atoms with Gasteiger partial charge in [-0.05, 0) is 6.42 Å². The quantitative estimate of drug-likeness (QED) is 0.626. The molecule has 0 radical (unpaired) electrons. The minimum atomic E-state index is -0.136. The van der Waals surface area contributed by atoms with Crippen LogP contribution in [-0.2, 0) is 9.53 Å². The zero-order valence-electron chi connectivity index (χ0n) is 10.0. The lowest BCUT2D eigenvalue weighted by Crippen LogP contribution is -2.47. The summed E-state index contributed by atoms with van der Waals surface area (Å²) in [6.45, 7) is 6.09. The van der Waals surface area contributed by atoms with Gasteiger partial charge in [0.15, 0.2) is 0 Å². The molecule has 94 valence electrons. The van der Waals surface area contributed by atoms with Crippen LogP contribution in [0.5, 0.6) is 0 Å². The summed E-state index contributed by atoms with van der Waals surface area (Å²) >= 11 is 0. The second-order valence-corrected chi connectivity index (χ2v) is 4.09. The van der Waals surface area contributed by atoms with E-state index in [4.69, 9.17) is 5.11 Å². The summed E-state index contributed by atoms with van der Waals surface area (Å²) in [5.41, 5.74) is 0. The van der Waals surface area contributed by atoms with Gasteiger partial charge in [-0.15, -0.1) is 0 Å². The summed E-state index contributed by atoms with van der Waals surface area (Å²) in [4.78, 5) is 15.6. The first-order chi connectivity index (χ1) is 7.76. The van der Waals surface area contributed by atoms with Gasteiger partial charge in [0.1, 0.15) is 0 Å². The van der Waals surface area contributed by atoms with Crippen molar-refractivity contribution in [2.24, 2.45) is 0 Å². The van der Waals surface area contributed by atoms with E-state index in [1.165, 1.54) is 7.11 Å². The molecule has 0 aliphatic carbocycles. The topological polar surface area (TPSA) is 53.0 Å². The normalized spacial score (nSPS) is 18.6. The number of piperazine rings is 1. The van der Waals surface area contributed by atoms with Crippen molar-refractivity contribution in [1.29, 1.82) is 0 Å². The lowest BCUT2D eigenvalue weighted by Gasteiger charge is -2.34. The van der Waals surface area contributed by atoms with Crippen LogP contribution in [0.1, 0.15) is 12.8 Å². The Bertz CT molecular complexity index is 203. The van der Waals surface area contributed by atoms with E-state index >= 15 is 0 Å². The molecule has 16 heavy (non-hydrogen) atoms. The second-order valence-electron chi connectivity index (χ2n) is 4.09. The maximum absolute atomic E-state index is 11.0. The van der Waals surface area contributed by atoms with Crippen LogP contribution in [-0.4, -0.2) is 73.9 Å². The van der Waals surface area contributed by atoms with E-state index in [1.807, 2.05) is 0 Å². The van der Waals surface area contributed by atoms with E-state index in [9.17, 15) is 4.79 Å². The highest BCUT2D eigenvalue weighted by atomic mass is 16.5. The molecule has 0 aromatic rings. The average Bonchev–Trinajstić information content (AvgIpc) is 2.34. The zero-order valence-corrected chi connectivity index (χ0v) is 10.0. The molecule has 5 nitrogen and oxygen atoms in total. The number of carbonyl (C=O) groups is 1. The van der Waals surface area contributed by atoms with Gasteiger partial charge in [0.2, 0.25) is 0 Å². The summed E-state index contributed by atoms with van der Waals surface area (Å²) in [6, 6.07) is 0. The number of hydrogen-bond acceptors (Lipinski definition) is 5. The van der Waals surface area contributed by atoms with Gasteiger partial charge in [-0.3, -0.25) is 4.79 Å². The molecule has 1 rings (SSSR count). The van der Waals surface area contributed by atoms with Crippen LogP contribution in [0, 0.1) is 0 Å². The third-order valence-electron chi connectivity index (χ3n) is 2.96. The number of carbonyl (C=O) groups excluding carboxylic acids is 1. The van der Waals surface area contributed by atoms with Crippen molar-refractivity contribution in [3.05, 3.63) is 0 Å². The van der Waals surface area contributed by atoms with Crippen LogP contribution < -0.4 is 0 Å². The fourth-order valence-electron chi connectivity index (χ4n) is 1.88. The molecular formula is C11H22N2O3. The molecule has 1 aliphatic rings. The average molecular weight is 230 g/mol. The lowest BCUT2D eigenvalue weighted by molar-refractivity contribution is -0.141. The second kappa shape index (κ2) is 7.60. The standard InChI is InChI=1S/C11H22N2O3/c1-16-11(15)3-5-13-8-6-12(7-9-13)4-2-10-14/h14H,2-10H2,1H3. The maximum Gasteiger partial charge on any atom is 0.306 e. The van der Waals surface area contributed by atoms with Gasteiger partial charge in [-0.2, -0.15) is 0 Å². The Hall–Kier alpha value is -0.650. The van der Waals surface area contributed by atoms with Gasteiger partial charge in [-0.1, -0.05) is 0 Å². The Morgan fingerprint density at radius 2 is 1.75 bits per heavy atom. The molecule has 0 amide bonds. The Kier molecular flexibility index (Phi) is 6.37. The van der Waals surface area contributed by atoms with Crippen molar-refractivity contribution in [2.45, 2.75) is 12.8 Å². The maximum atomic E-state index is 11.0.